The van der Waals surface area contributed by atoms with Gasteiger partial charge in [0.15, 0.2) is 5.76 Å². The number of hydrogen-bond donors (Lipinski definition) is 1. The lowest BCUT2D eigenvalue weighted by Gasteiger charge is -2.23. The van der Waals surface area contributed by atoms with Crippen LogP contribution in [0.4, 0.5) is 16.2 Å². The molecular formula is C26H21ClN2O5. The highest BCUT2D eigenvalue weighted by molar-refractivity contribution is 6.34. The summed E-state index contributed by atoms with van der Waals surface area (Å²) in [4.78, 5) is 25.4. The zero-order valence-corrected chi connectivity index (χ0v) is 19.2. The van der Waals surface area contributed by atoms with Crippen molar-refractivity contribution in [2.75, 3.05) is 11.5 Å². The van der Waals surface area contributed by atoms with E-state index in [4.69, 9.17) is 26.0 Å². The first-order chi connectivity index (χ1) is 16.4. The van der Waals surface area contributed by atoms with E-state index in [-0.39, 0.29) is 12.2 Å². The molecule has 7 nitrogen and oxygen atoms in total. The number of halogens is 1. The van der Waals surface area contributed by atoms with E-state index < -0.39 is 12.1 Å². The van der Waals surface area contributed by atoms with Crippen LogP contribution in [-0.2, 0) is 4.74 Å². The number of nitrogens with zero attached hydrogens (tertiary/aromatic N) is 2. The molecule has 172 valence electrons. The van der Waals surface area contributed by atoms with Gasteiger partial charge in [0.25, 0.3) is 0 Å². The predicted octanol–water partition coefficient (Wildman–Crippen LogP) is 6.96. The molecule has 1 aromatic heterocycles. The lowest BCUT2D eigenvalue weighted by molar-refractivity contribution is 0.0697. The van der Waals surface area contributed by atoms with Gasteiger partial charge in [0.1, 0.15) is 11.4 Å². The van der Waals surface area contributed by atoms with Gasteiger partial charge in [-0.15, -0.1) is 0 Å². The Kier molecular flexibility index (Phi) is 6.65. The summed E-state index contributed by atoms with van der Waals surface area (Å²) in [5.41, 5.74) is 4.07. The molecular weight excluding hydrogens is 456 g/mol. The van der Waals surface area contributed by atoms with Crippen molar-refractivity contribution in [3.63, 3.8) is 0 Å². The van der Waals surface area contributed by atoms with Gasteiger partial charge in [0.2, 0.25) is 0 Å². The number of anilines is 2. The summed E-state index contributed by atoms with van der Waals surface area (Å²) in [6.45, 7) is 3.66. The molecule has 34 heavy (non-hydrogen) atoms. The van der Waals surface area contributed by atoms with Crippen LogP contribution < -0.4 is 4.90 Å². The lowest BCUT2D eigenvalue weighted by Crippen LogP contribution is -2.27. The third-order valence-electron chi connectivity index (χ3n) is 5.21. The van der Waals surface area contributed by atoms with Gasteiger partial charge in [-0.2, -0.15) is 0 Å². The van der Waals surface area contributed by atoms with Crippen LogP contribution in [0.25, 0.3) is 22.5 Å². The SMILES string of the molecule is CCOC(=O)N(c1ccccc1Cl)c1c(C)noc1-c1ccc(-c2ccc(C(=O)O)cc2)cc1. The normalized spacial score (nSPS) is 10.7. The minimum absolute atomic E-state index is 0.189. The Morgan fingerprint density at radius 1 is 0.971 bits per heavy atom. The first-order valence-electron chi connectivity index (χ1n) is 10.5. The molecule has 0 saturated heterocycles. The Labute approximate surface area is 201 Å². The molecule has 1 amide bonds. The van der Waals surface area contributed by atoms with Crippen molar-refractivity contribution in [3.05, 3.63) is 89.1 Å². The molecule has 0 radical (unpaired) electrons. The first kappa shape index (κ1) is 23.1. The Morgan fingerprint density at radius 2 is 1.56 bits per heavy atom. The summed E-state index contributed by atoms with van der Waals surface area (Å²) < 4.78 is 10.9. The maximum atomic E-state index is 13.0. The Balaban J connectivity index is 1.75. The van der Waals surface area contributed by atoms with E-state index in [1.54, 1.807) is 62.4 Å². The van der Waals surface area contributed by atoms with Gasteiger partial charge in [-0.1, -0.05) is 65.3 Å². The number of aromatic nitrogens is 1. The zero-order chi connectivity index (χ0) is 24.2. The fourth-order valence-electron chi connectivity index (χ4n) is 3.57. The van der Waals surface area contributed by atoms with E-state index in [1.807, 2.05) is 24.3 Å². The lowest BCUT2D eigenvalue weighted by atomic mass is 10.0. The summed E-state index contributed by atoms with van der Waals surface area (Å²) in [7, 11) is 0. The molecule has 0 saturated carbocycles. The van der Waals surface area contributed by atoms with Crippen LogP contribution in [-0.4, -0.2) is 28.9 Å². The number of aromatic carboxylic acids is 1. The summed E-state index contributed by atoms with van der Waals surface area (Å²) in [5, 5.41) is 13.6. The standard InChI is InChI=1S/C26H21ClN2O5/c1-3-33-26(32)29(22-7-5-4-6-21(22)27)23-16(2)28-34-24(23)19-12-8-17(9-13-19)18-10-14-20(15-11-18)25(30)31/h4-15H,3H2,1-2H3,(H,30,31). The van der Waals surface area contributed by atoms with Crippen LogP contribution in [0.1, 0.15) is 23.0 Å². The van der Waals surface area contributed by atoms with E-state index in [0.29, 0.717) is 33.4 Å². The minimum atomic E-state index is -0.972. The van der Waals surface area contributed by atoms with Gasteiger partial charge < -0.3 is 14.4 Å². The molecule has 0 spiro atoms. The Hall–Kier alpha value is -4.10. The fraction of sp³-hybridized carbons (Fsp3) is 0.115. The fourth-order valence-corrected chi connectivity index (χ4v) is 3.79. The number of ether oxygens (including phenoxy) is 1. The second kappa shape index (κ2) is 9.80. The number of amides is 1. The molecule has 0 bridgehead atoms. The number of carbonyl (C=O) groups excluding carboxylic acids is 1. The van der Waals surface area contributed by atoms with Crippen molar-refractivity contribution >= 4 is 35.0 Å². The third kappa shape index (κ3) is 4.51. The molecule has 0 aliphatic rings. The molecule has 1 heterocycles. The molecule has 4 rings (SSSR count). The van der Waals surface area contributed by atoms with E-state index in [9.17, 15) is 9.59 Å². The summed E-state index contributed by atoms with van der Waals surface area (Å²) >= 11 is 6.41. The van der Waals surface area contributed by atoms with Crippen LogP contribution in [0.5, 0.6) is 0 Å². The highest BCUT2D eigenvalue weighted by Gasteiger charge is 2.29. The molecule has 0 atom stereocenters. The van der Waals surface area contributed by atoms with Crippen molar-refractivity contribution in [2.45, 2.75) is 13.8 Å². The summed E-state index contributed by atoms with van der Waals surface area (Å²) in [6.07, 6.45) is -0.599. The Morgan fingerprint density at radius 3 is 2.15 bits per heavy atom. The second-order valence-corrected chi connectivity index (χ2v) is 7.80. The number of hydrogen-bond acceptors (Lipinski definition) is 5. The number of carbonyl (C=O) groups is 2. The predicted molar refractivity (Wildman–Crippen MR) is 130 cm³/mol. The van der Waals surface area contributed by atoms with E-state index in [1.165, 1.54) is 4.90 Å². The molecule has 8 heteroatoms. The van der Waals surface area contributed by atoms with Gasteiger partial charge >= 0.3 is 12.1 Å². The highest BCUT2D eigenvalue weighted by atomic mass is 35.5. The summed E-state index contributed by atoms with van der Waals surface area (Å²) in [5.74, 6) is -0.585. The van der Waals surface area contributed by atoms with Crippen LogP contribution >= 0.6 is 11.6 Å². The average Bonchev–Trinajstić information content (AvgIpc) is 3.22. The average molecular weight is 477 g/mol. The zero-order valence-electron chi connectivity index (χ0n) is 18.5. The van der Waals surface area contributed by atoms with Crippen molar-refractivity contribution in [2.24, 2.45) is 0 Å². The van der Waals surface area contributed by atoms with Crippen LogP contribution in [0, 0.1) is 6.92 Å². The molecule has 4 aromatic rings. The van der Waals surface area contributed by atoms with Gasteiger partial charge in [0, 0.05) is 5.56 Å². The monoisotopic (exact) mass is 476 g/mol. The molecule has 0 aliphatic heterocycles. The van der Waals surface area contributed by atoms with Gasteiger partial charge in [-0.05, 0) is 49.2 Å². The molecule has 0 aliphatic carbocycles. The highest BCUT2D eigenvalue weighted by Crippen LogP contribution is 2.41. The quantitative estimate of drug-likeness (QED) is 0.323. The largest absolute Gasteiger partial charge is 0.478 e. The van der Waals surface area contributed by atoms with Gasteiger partial charge in [-0.25, -0.2) is 14.5 Å². The van der Waals surface area contributed by atoms with Crippen molar-refractivity contribution in [1.29, 1.82) is 0 Å². The molecule has 3 aromatic carbocycles. The van der Waals surface area contributed by atoms with E-state index >= 15 is 0 Å². The third-order valence-corrected chi connectivity index (χ3v) is 5.53. The Bertz CT molecular complexity index is 1330. The van der Waals surface area contributed by atoms with Gasteiger partial charge in [-0.3, -0.25) is 0 Å². The number of carboxylic acids is 1. The second-order valence-electron chi connectivity index (χ2n) is 7.39. The maximum absolute atomic E-state index is 13.0. The summed E-state index contributed by atoms with van der Waals surface area (Å²) in [6, 6.07) is 21.1. The molecule has 0 unspecified atom stereocenters. The van der Waals surface area contributed by atoms with Crippen LogP contribution in [0.3, 0.4) is 0 Å². The first-order valence-corrected chi connectivity index (χ1v) is 10.9. The number of carboxylic acid groups (broad SMARTS) is 1. The van der Waals surface area contributed by atoms with E-state index in [2.05, 4.69) is 5.16 Å². The number of para-hydroxylation sites is 1. The van der Waals surface area contributed by atoms with Crippen molar-refractivity contribution in [3.8, 4) is 22.5 Å². The number of aryl methyl sites for hydroxylation is 1. The molecule has 0 fully saturated rings. The smallest absolute Gasteiger partial charge is 0.419 e. The van der Waals surface area contributed by atoms with Crippen molar-refractivity contribution < 1.29 is 24.0 Å². The van der Waals surface area contributed by atoms with Gasteiger partial charge in [0.05, 0.1) is 22.9 Å². The van der Waals surface area contributed by atoms with Crippen LogP contribution in [0.2, 0.25) is 5.02 Å². The number of rotatable bonds is 6. The topological polar surface area (TPSA) is 92.9 Å². The minimum Gasteiger partial charge on any atom is -0.478 e. The molecule has 1 N–H and O–H groups in total. The van der Waals surface area contributed by atoms with E-state index in [0.717, 1.165) is 11.1 Å². The maximum Gasteiger partial charge on any atom is 0.419 e. The van der Waals surface area contributed by atoms with Crippen LogP contribution in [0.15, 0.2) is 77.3 Å². The van der Waals surface area contributed by atoms with Crippen molar-refractivity contribution in [1.82, 2.24) is 5.16 Å². The number of benzene rings is 3.